The fourth-order valence-electron chi connectivity index (χ4n) is 8.62. The summed E-state index contributed by atoms with van der Waals surface area (Å²) < 4.78 is 13.2. The number of hydrogen-bond donors (Lipinski definition) is 2. The second-order valence-corrected chi connectivity index (χ2v) is 14.9. The Morgan fingerprint density at radius 1 is 1.13 bits per heavy atom. The van der Waals surface area contributed by atoms with Crippen molar-refractivity contribution < 1.29 is 33.8 Å². The minimum Gasteiger partial charge on any atom is -0.480 e. The molecular formula is C40H49ClN6O8. The second kappa shape index (κ2) is 16.1. The van der Waals surface area contributed by atoms with Gasteiger partial charge in [-0.15, -0.1) is 12.4 Å². The first kappa shape index (κ1) is 39.9. The zero-order valence-corrected chi connectivity index (χ0v) is 32.4. The quantitative estimate of drug-likeness (QED) is 0.130. The predicted octanol–water partition coefficient (Wildman–Crippen LogP) is 5.46. The Kier molecular flexibility index (Phi) is 11.7. The number of amides is 1. The van der Waals surface area contributed by atoms with Gasteiger partial charge in [0, 0.05) is 30.1 Å². The molecule has 2 aromatic heterocycles. The number of aliphatic imine (C=N–C) groups is 1. The molecule has 4 aliphatic rings. The number of carboxylic acid groups (broad SMARTS) is 1. The maximum absolute atomic E-state index is 14.3. The van der Waals surface area contributed by atoms with Crippen LogP contribution < -0.4 is 16.2 Å². The molecule has 1 fully saturated rings. The minimum atomic E-state index is -1.96. The number of carbonyl (C=O) groups is 4. The first-order chi connectivity index (χ1) is 26.0. The summed E-state index contributed by atoms with van der Waals surface area (Å²) in [4.78, 5) is 80.9. The molecule has 294 valence electrons. The van der Waals surface area contributed by atoms with Crippen LogP contribution in [0.15, 0.2) is 34.1 Å². The molecule has 1 aromatic carbocycles. The van der Waals surface area contributed by atoms with Crippen LogP contribution in [0.3, 0.4) is 0 Å². The maximum atomic E-state index is 14.3. The topological polar surface area (TPSA) is 187 Å². The van der Waals surface area contributed by atoms with Gasteiger partial charge in [0.25, 0.3) is 5.56 Å². The number of ether oxygens (including phenoxy) is 2. The Morgan fingerprint density at radius 3 is 2.58 bits per heavy atom. The van der Waals surface area contributed by atoms with E-state index in [0.717, 1.165) is 72.9 Å². The Hall–Kier alpha value is -4.82. The summed E-state index contributed by atoms with van der Waals surface area (Å²) in [6, 6.07) is 4.94. The summed E-state index contributed by atoms with van der Waals surface area (Å²) in [5.41, 5.74) is 8.52. The van der Waals surface area contributed by atoms with Gasteiger partial charge in [-0.3, -0.25) is 14.4 Å². The van der Waals surface area contributed by atoms with Gasteiger partial charge in [0.2, 0.25) is 11.5 Å². The molecule has 5 heterocycles. The van der Waals surface area contributed by atoms with Crippen molar-refractivity contribution in [3.05, 3.63) is 51.3 Å². The molecule has 3 N–H and O–H groups in total. The molecule has 3 aromatic rings. The van der Waals surface area contributed by atoms with E-state index in [1.54, 1.807) is 17.6 Å². The first-order valence-corrected chi connectivity index (χ1v) is 19.2. The molecule has 55 heavy (non-hydrogen) atoms. The smallest absolute Gasteiger partial charge is 0.355 e. The predicted molar refractivity (Wildman–Crippen MR) is 209 cm³/mol. The fraction of sp³-hybridized carbons (Fsp3) is 0.525. The van der Waals surface area contributed by atoms with E-state index < -0.39 is 47.9 Å². The lowest BCUT2D eigenvalue weighted by molar-refractivity contribution is -0.189. The van der Waals surface area contributed by atoms with E-state index in [2.05, 4.69) is 11.8 Å². The number of fused-ring (bicyclic) bond motifs is 5. The molecule has 3 aliphatic heterocycles. The number of pyridine rings is 2. The van der Waals surface area contributed by atoms with Crippen LogP contribution in [0.2, 0.25) is 0 Å². The van der Waals surface area contributed by atoms with E-state index in [4.69, 9.17) is 25.2 Å². The van der Waals surface area contributed by atoms with Gasteiger partial charge in [-0.1, -0.05) is 52.0 Å². The van der Waals surface area contributed by atoms with Gasteiger partial charge in [-0.25, -0.2) is 19.6 Å². The summed E-state index contributed by atoms with van der Waals surface area (Å²) in [5, 5.41) is 11.2. The summed E-state index contributed by atoms with van der Waals surface area (Å²) in [6.45, 7) is 6.04. The number of esters is 2. The van der Waals surface area contributed by atoms with Crippen molar-refractivity contribution in [1.82, 2.24) is 14.5 Å². The van der Waals surface area contributed by atoms with E-state index in [-0.39, 0.29) is 61.1 Å². The van der Waals surface area contributed by atoms with Gasteiger partial charge in [0.15, 0.2) is 0 Å². The fourth-order valence-corrected chi connectivity index (χ4v) is 8.62. The lowest BCUT2D eigenvalue weighted by Gasteiger charge is -2.39. The molecule has 1 aliphatic carbocycles. The Balaban J connectivity index is 0.00000514. The second-order valence-electron chi connectivity index (χ2n) is 14.9. The number of halogens is 1. The van der Waals surface area contributed by atoms with Crippen LogP contribution in [-0.2, 0) is 47.4 Å². The molecule has 0 spiro atoms. The first-order valence-electron chi connectivity index (χ1n) is 19.2. The zero-order chi connectivity index (χ0) is 38.3. The standard InChI is InChI=1S/C40H48N6O8.ClH/c1-4-6-10-18-44-22-42-28-14-11-15-29-33(28)35(44)25-20-45-31(34(25)43-29)19-27-26(37(45)49)21-53-39(52)40(27,5-2)54-32(47)17-16-30(38(50)51)46(36(48)23(3)41)24-12-8-7-9-13-24;/h11,14-15,19,22-24,30H,4-10,12-13,16-18,20-21,41H2,1-3H3,(H,50,51);1H/t23-,30-,40-;/m0./s1. The number of nitrogens with zero attached hydrogens (tertiary/aromatic N) is 5. The number of unbranched alkanes of at least 4 members (excludes halogenated alkanes) is 2. The number of rotatable bonds is 13. The number of benzene rings is 1. The zero-order valence-electron chi connectivity index (χ0n) is 31.5. The third kappa shape index (κ3) is 6.99. The number of carbonyl (C=O) groups excluding carboxylic acids is 3. The number of aliphatic carboxylic acids is 1. The molecule has 7 rings (SSSR count). The highest BCUT2D eigenvalue weighted by atomic mass is 35.5. The molecule has 15 heteroatoms. The third-order valence-electron chi connectivity index (χ3n) is 11.4. The summed E-state index contributed by atoms with van der Waals surface area (Å²) in [6.07, 6.45) is 8.24. The summed E-state index contributed by atoms with van der Waals surface area (Å²) in [7, 11) is 0. The molecule has 0 radical (unpaired) electrons. The van der Waals surface area contributed by atoms with Crippen LogP contribution in [0.4, 0.5) is 11.4 Å². The average molecular weight is 777 g/mol. The molecular weight excluding hydrogens is 728 g/mol. The van der Waals surface area contributed by atoms with Crippen molar-refractivity contribution in [1.29, 1.82) is 0 Å². The largest absolute Gasteiger partial charge is 0.480 e. The normalized spacial score (nSPS) is 19.4. The molecule has 0 bridgehead atoms. The number of nitrogens with two attached hydrogens (primary N) is 1. The van der Waals surface area contributed by atoms with E-state index in [1.807, 2.05) is 24.5 Å². The minimum absolute atomic E-state index is 0. The van der Waals surface area contributed by atoms with E-state index in [0.29, 0.717) is 24.2 Å². The van der Waals surface area contributed by atoms with E-state index >= 15 is 0 Å². The highest BCUT2D eigenvalue weighted by Crippen LogP contribution is 2.47. The van der Waals surface area contributed by atoms with Crippen LogP contribution in [0.5, 0.6) is 0 Å². The van der Waals surface area contributed by atoms with Crippen LogP contribution in [-0.4, -0.2) is 74.4 Å². The van der Waals surface area contributed by atoms with Gasteiger partial charge >= 0.3 is 17.9 Å². The lowest BCUT2D eigenvalue weighted by Crippen LogP contribution is -2.55. The number of anilines is 1. The summed E-state index contributed by atoms with van der Waals surface area (Å²) in [5.74, 6) is -3.41. The molecule has 1 saturated carbocycles. The van der Waals surface area contributed by atoms with E-state index in [1.165, 1.54) is 11.8 Å². The van der Waals surface area contributed by atoms with Crippen molar-refractivity contribution in [2.45, 2.75) is 128 Å². The van der Waals surface area contributed by atoms with E-state index in [9.17, 15) is 29.1 Å². The van der Waals surface area contributed by atoms with Gasteiger partial charge < -0.3 is 34.7 Å². The lowest BCUT2D eigenvalue weighted by atomic mass is 9.85. The molecule has 3 atom stereocenters. The monoisotopic (exact) mass is 776 g/mol. The number of cyclic esters (lactones) is 1. The molecule has 0 unspecified atom stereocenters. The Bertz CT molecular complexity index is 2110. The number of hydrogen-bond acceptors (Lipinski definition) is 11. The van der Waals surface area contributed by atoms with Gasteiger partial charge in [-0.2, -0.15) is 0 Å². The van der Waals surface area contributed by atoms with Crippen LogP contribution in [0.25, 0.3) is 22.3 Å². The molecule has 0 saturated heterocycles. The number of aromatic nitrogens is 2. The van der Waals surface area contributed by atoms with Crippen LogP contribution >= 0.6 is 12.4 Å². The molecule has 1 amide bonds. The van der Waals surface area contributed by atoms with Gasteiger partial charge in [0.05, 0.1) is 58.2 Å². The van der Waals surface area contributed by atoms with Crippen molar-refractivity contribution >= 4 is 64.8 Å². The van der Waals surface area contributed by atoms with Crippen LogP contribution in [0, 0.1) is 0 Å². The average Bonchev–Trinajstić information content (AvgIpc) is 3.54. The van der Waals surface area contributed by atoms with Crippen LogP contribution in [0.1, 0.15) is 108 Å². The van der Waals surface area contributed by atoms with Gasteiger partial charge in [0.1, 0.15) is 12.6 Å². The molecule has 14 nitrogen and oxygen atoms in total. The van der Waals surface area contributed by atoms with Crippen molar-refractivity contribution in [3.63, 3.8) is 0 Å². The van der Waals surface area contributed by atoms with Crippen molar-refractivity contribution in [3.8, 4) is 11.4 Å². The summed E-state index contributed by atoms with van der Waals surface area (Å²) >= 11 is 0. The van der Waals surface area contributed by atoms with Crippen molar-refractivity contribution in [2.24, 2.45) is 10.7 Å². The Labute approximate surface area is 325 Å². The highest BCUT2D eigenvalue weighted by Gasteiger charge is 2.51. The highest BCUT2D eigenvalue weighted by molar-refractivity contribution is 6.11. The van der Waals surface area contributed by atoms with Gasteiger partial charge in [-0.05, 0) is 57.2 Å². The number of carboxylic acids is 1. The Morgan fingerprint density at radius 2 is 1.89 bits per heavy atom. The SMILES string of the molecule is CCCCCN1C=Nc2cccc3nc4c(c1c23)Cn1c-4cc2c(c1=O)COC(=O)[C@@]2(CC)OC(=O)CC[C@@H](C(=O)O)N(C(=O)[C@H](C)N)C1CCCCC1.Cl. The third-order valence-corrected chi connectivity index (χ3v) is 11.4. The maximum Gasteiger partial charge on any atom is 0.355 e. The van der Waals surface area contributed by atoms with Crippen molar-refractivity contribution in [2.75, 3.05) is 11.4 Å².